The van der Waals surface area contributed by atoms with Crippen molar-refractivity contribution >= 4 is 15.9 Å². The zero-order chi connectivity index (χ0) is 12.3. The van der Waals surface area contributed by atoms with Crippen LogP contribution in [0.4, 0.5) is 0 Å². The van der Waals surface area contributed by atoms with Gasteiger partial charge < -0.3 is 10.1 Å². The minimum Gasteiger partial charge on any atom is -0.378 e. The molecule has 1 aromatic rings. The molecule has 17 heavy (non-hydrogen) atoms. The van der Waals surface area contributed by atoms with Crippen molar-refractivity contribution in [2.24, 2.45) is 5.92 Å². The summed E-state index contributed by atoms with van der Waals surface area (Å²) >= 11 is 3.52. The topological polar surface area (TPSA) is 21.3 Å². The van der Waals surface area contributed by atoms with Crippen molar-refractivity contribution < 1.29 is 4.74 Å². The molecule has 0 amide bonds. The number of rotatable bonds is 4. The lowest BCUT2D eigenvalue weighted by molar-refractivity contribution is 0.117. The van der Waals surface area contributed by atoms with Crippen LogP contribution in [-0.2, 0) is 11.2 Å². The van der Waals surface area contributed by atoms with E-state index in [9.17, 15) is 0 Å². The molecule has 0 bridgehead atoms. The Bertz CT molecular complexity index is 369. The van der Waals surface area contributed by atoms with Crippen LogP contribution in [-0.4, -0.2) is 25.8 Å². The van der Waals surface area contributed by atoms with Crippen molar-refractivity contribution in [3.05, 3.63) is 34.3 Å². The number of likely N-dealkylation sites (N-methyl/N-ethyl adjacent to an activating group) is 1. The standard InChI is InChI=1S/C14H20BrNO/c1-10-6-12(9-17-10)14(16-2)8-11-4-3-5-13(15)7-11/h3-5,7,10,12,14,16H,6,8-9H2,1-2H3. The van der Waals surface area contributed by atoms with E-state index in [1.165, 1.54) is 12.0 Å². The molecule has 2 rings (SSSR count). The molecule has 3 unspecified atom stereocenters. The highest BCUT2D eigenvalue weighted by Crippen LogP contribution is 2.24. The van der Waals surface area contributed by atoms with Gasteiger partial charge in [-0.1, -0.05) is 28.1 Å². The summed E-state index contributed by atoms with van der Waals surface area (Å²) in [6, 6.07) is 9.06. The smallest absolute Gasteiger partial charge is 0.0551 e. The molecule has 1 fully saturated rings. The van der Waals surface area contributed by atoms with E-state index in [-0.39, 0.29) is 0 Å². The minimum atomic E-state index is 0.415. The van der Waals surface area contributed by atoms with E-state index in [4.69, 9.17) is 4.74 Å². The highest BCUT2D eigenvalue weighted by molar-refractivity contribution is 9.10. The van der Waals surface area contributed by atoms with Crippen LogP contribution in [0.25, 0.3) is 0 Å². The third-order valence-corrected chi connectivity index (χ3v) is 4.01. The van der Waals surface area contributed by atoms with Crippen LogP contribution in [0.2, 0.25) is 0 Å². The van der Waals surface area contributed by atoms with Crippen LogP contribution in [0.1, 0.15) is 18.9 Å². The number of halogens is 1. The van der Waals surface area contributed by atoms with Crippen molar-refractivity contribution in [1.82, 2.24) is 5.32 Å². The Balaban J connectivity index is 2.00. The van der Waals surface area contributed by atoms with Crippen molar-refractivity contribution in [1.29, 1.82) is 0 Å². The largest absolute Gasteiger partial charge is 0.378 e. The van der Waals surface area contributed by atoms with E-state index in [0.717, 1.165) is 17.5 Å². The molecular formula is C14H20BrNO. The first-order valence-electron chi connectivity index (χ1n) is 6.22. The molecule has 2 nitrogen and oxygen atoms in total. The van der Waals surface area contributed by atoms with Crippen LogP contribution >= 0.6 is 15.9 Å². The SMILES string of the molecule is CNC(Cc1cccc(Br)c1)C1COC(C)C1. The summed E-state index contributed by atoms with van der Waals surface area (Å²) in [5.74, 6) is 0.633. The second kappa shape index (κ2) is 5.98. The second-order valence-electron chi connectivity index (χ2n) is 4.87. The van der Waals surface area contributed by atoms with E-state index in [1.54, 1.807) is 0 Å². The zero-order valence-corrected chi connectivity index (χ0v) is 12.0. The quantitative estimate of drug-likeness (QED) is 0.922. The van der Waals surface area contributed by atoms with Crippen molar-refractivity contribution in [2.45, 2.75) is 31.9 Å². The first-order chi connectivity index (χ1) is 8.19. The molecule has 1 heterocycles. The predicted molar refractivity (Wildman–Crippen MR) is 74.2 cm³/mol. The Morgan fingerprint density at radius 2 is 2.35 bits per heavy atom. The summed E-state index contributed by atoms with van der Waals surface area (Å²) in [5.41, 5.74) is 1.37. The highest BCUT2D eigenvalue weighted by atomic mass is 79.9. The third-order valence-electron chi connectivity index (χ3n) is 3.51. The van der Waals surface area contributed by atoms with E-state index in [2.05, 4.69) is 52.4 Å². The van der Waals surface area contributed by atoms with Crippen LogP contribution in [0.5, 0.6) is 0 Å². The molecule has 0 aliphatic carbocycles. The maximum absolute atomic E-state index is 5.66. The second-order valence-corrected chi connectivity index (χ2v) is 5.78. The van der Waals surface area contributed by atoms with Gasteiger partial charge in [-0.05, 0) is 44.5 Å². The summed E-state index contributed by atoms with van der Waals surface area (Å²) < 4.78 is 6.81. The Labute approximate surface area is 112 Å². The molecule has 94 valence electrons. The van der Waals surface area contributed by atoms with Gasteiger partial charge >= 0.3 is 0 Å². The van der Waals surface area contributed by atoms with Gasteiger partial charge in [0.15, 0.2) is 0 Å². The number of nitrogens with one attached hydrogen (secondary N) is 1. The van der Waals surface area contributed by atoms with E-state index in [0.29, 0.717) is 18.1 Å². The Hall–Kier alpha value is -0.380. The van der Waals surface area contributed by atoms with Crippen molar-refractivity contribution in [3.63, 3.8) is 0 Å². The average molecular weight is 298 g/mol. The number of benzene rings is 1. The molecule has 1 saturated heterocycles. The lowest BCUT2D eigenvalue weighted by atomic mass is 9.92. The first-order valence-corrected chi connectivity index (χ1v) is 7.01. The van der Waals surface area contributed by atoms with E-state index >= 15 is 0 Å². The maximum atomic E-state index is 5.66. The molecular weight excluding hydrogens is 278 g/mol. The van der Waals surface area contributed by atoms with Crippen LogP contribution in [0.15, 0.2) is 28.7 Å². The molecule has 0 radical (unpaired) electrons. The minimum absolute atomic E-state index is 0.415. The van der Waals surface area contributed by atoms with Crippen LogP contribution < -0.4 is 5.32 Å². The summed E-state index contributed by atoms with van der Waals surface area (Å²) in [4.78, 5) is 0. The van der Waals surface area contributed by atoms with Crippen molar-refractivity contribution in [3.8, 4) is 0 Å². The fourth-order valence-corrected chi connectivity index (χ4v) is 3.00. The molecule has 1 aliphatic heterocycles. The highest BCUT2D eigenvalue weighted by Gasteiger charge is 2.28. The van der Waals surface area contributed by atoms with Gasteiger partial charge in [-0.25, -0.2) is 0 Å². The predicted octanol–water partition coefficient (Wildman–Crippen LogP) is 3.00. The molecule has 1 aromatic carbocycles. The van der Waals surface area contributed by atoms with Gasteiger partial charge in [0, 0.05) is 16.4 Å². The van der Waals surface area contributed by atoms with Crippen LogP contribution in [0.3, 0.4) is 0 Å². The van der Waals surface area contributed by atoms with Gasteiger partial charge in [-0.15, -0.1) is 0 Å². The Morgan fingerprint density at radius 1 is 1.53 bits per heavy atom. The molecule has 0 saturated carbocycles. The van der Waals surface area contributed by atoms with Gasteiger partial charge in [0.1, 0.15) is 0 Å². The molecule has 3 heteroatoms. The molecule has 0 spiro atoms. The lowest BCUT2D eigenvalue weighted by Gasteiger charge is -2.22. The molecule has 1 N–H and O–H groups in total. The fraction of sp³-hybridized carbons (Fsp3) is 0.571. The van der Waals surface area contributed by atoms with Gasteiger partial charge in [0.2, 0.25) is 0 Å². The van der Waals surface area contributed by atoms with Crippen molar-refractivity contribution in [2.75, 3.05) is 13.7 Å². The number of ether oxygens (including phenoxy) is 1. The van der Waals surface area contributed by atoms with E-state index < -0.39 is 0 Å². The van der Waals surface area contributed by atoms with Gasteiger partial charge in [0.25, 0.3) is 0 Å². The fourth-order valence-electron chi connectivity index (χ4n) is 2.55. The Morgan fingerprint density at radius 3 is 2.94 bits per heavy atom. The molecule has 1 aliphatic rings. The normalized spacial score (nSPS) is 26.1. The van der Waals surface area contributed by atoms with Gasteiger partial charge in [0.05, 0.1) is 12.7 Å². The summed E-state index contributed by atoms with van der Waals surface area (Å²) in [6.45, 7) is 3.05. The maximum Gasteiger partial charge on any atom is 0.0551 e. The van der Waals surface area contributed by atoms with Gasteiger partial charge in [-0.3, -0.25) is 0 Å². The number of hydrogen-bond acceptors (Lipinski definition) is 2. The number of hydrogen-bond donors (Lipinski definition) is 1. The monoisotopic (exact) mass is 297 g/mol. The van der Waals surface area contributed by atoms with E-state index in [1.807, 2.05) is 7.05 Å². The van der Waals surface area contributed by atoms with Gasteiger partial charge in [-0.2, -0.15) is 0 Å². The summed E-state index contributed by atoms with van der Waals surface area (Å²) in [7, 11) is 2.05. The first kappa shape index (κ1) is 13.1. The lowest BCUT2D eigenvalue weighted by Crippen LogP contribution is -2.36. The zero-order valence-electron chi connectivity index (χ0n) is 10.4. The molecule has 3 atom stereocenters. The van der Waals surface area contributed by atoms with Crippen LogP contribution in [0, 0.1) is 5.92 Å². The average Bonchev–Trinajstić information content (AvgIpc) is 2.73. The Kier molecular flexibility index (Phi) is 4.60. The molecule has 0 aromatic heterocycles. The summed E-state index contributed by atoms with van der Waals surface area (Å²) in [6.07, 6.45) is 2.65. The third kappa shape index (κ3) is 3.54. The summed E-state index contributed by atoms with van der Waals surface area (Å²) in [5, 5.41) is 3.44.